The molecule has 166 valence electrons. The molecule has 0 atom stereocenters. The van der Waals surface area contributed by atoms with Crippen molar-refractivity contribution in [1.29, 1.82) is 0 Å². The van der Waals surface area contributed by atoms with Crippen LogP contribution in [0.15, 0.2) is 29.1 Å². The number of nitrogens with two attached hydrogens (primary N) is 1. The Morgan fingerprint density at radius 2 is 1.71 bits per heavy atom. The van der Waals surface area contributed by atoms with Crippen LogP contribution in [0.1, 0.15) is 33.6 Å². The summed E-state index contributed by atoms with van der Waals surface area (Å²) in [5.74, 6) is -2.83. The van der Waals surface area contributed by atoms with E-state index < -0.39 is 34.4 Å². The molecule has 1 aliphatic rings. The van der Waals surface area contributed by atoms with Crippen molar-refractivity contribution in [3.63, 3.8) is 0 Å². The summed E-state index contributed by atoms with van der Waals surface area (Å²) in [5, 5.41) is 18.9. The van der Waals surface area contributed by atoms with E-state index in [4.69, 9.17) is 15.2 Å². The quantitative estimate of drug-likeness (QED) is 0.432. The lowest BCUT2D eigenvalue weighted by Gasteiger charge is -2.26. The first-order valence-electron chi connectivity index (χ1n) is 9.94. The van der Waals surface area contributed by atoms with Gasteiger partial charge in [-0.2, -0.15) is 0 Å². The Morgan fingerprint density at radius 1 is 1.06 bits per heavy atom. The van der Waals surface area contributed by atoms with Crippen molar-refractivity contribution in [3.05, 3.63) is 45.7 Å². The second-order valence-electron chi connectivity index (χ2n) is 7.14. The Bertz CT molecular complexity index is 995. The average Bonchev–Trinajstić information content (AvgIpc) is 2.73. The van der Waals surface area contributed by atoms with Gasteiger partial charge < -0.3 is 30.4 Å². The number of morpholine rings is 1. The van der Waals surface area contributed by atoms with E-state index in [0.29, 0.717) is 12.4 Å². The third kappa shape index (κ3) is 5.41. The molecule has 2 heterocycles. The van der Waals surface area contributed by atoms with Gasteiger partial charge in [0.2, 0.25) is 0 Å². The molecular formula is C21H25N3O7. The van der Waals surface area contributed by atoms with Crippen molar-refractivity contribution in [3.8, 4) is 16.9 Å². The molecule has 10 heteroatoms. The van der Waals surface area contributed by atoms with Crippen LogP contribution < -0.4 is 16.0 Å². The van der Waals surface area contributed by atoms with Gasteiger partial charge in [0.15, 0.2) is 0 Å². The molecule has 31 heavy (non-hydrogen) atoms. The highest BCUT2D eigenvalue weighted by Crippen LogP contribution is 2.30. The third-order valence-electron chi connectivity index (χ3n) is 5.06. The summed E-state index contributed by atoms with van der Waals surface area (Å²) in [4.78, 5) is 39.8. The van der Waals surface area contributed by atoms with E-state index in [9.17, 15) is 24.6 Å². The summed E-state index contributed by atoms with van der Waals surface area (Å²) in [6.07, 6.45) is 1.87. The van der Waals surface area contributed by atoms with E-state index in [2.05, 4.69) is 9.88 Å². The number of carboxylic acids is 2. The number of rotatable bonds is 9. The first-order chi connectivity index (χ1) is 14.9. The summed E-state index contributed by atoms with van der Waals surface area (Å²) in [6, 6.07) is 6.23. The van der Waals surface area contributed by atoms with Gasteiger partial charge in [-0.3, -0.25) is 9.69 Å². The number of nitrogen functional groups attached to an aromatic ring is 1. The molecule has 1 aromatic carbocycles. The fraction of sp³-hybridized carbons (Fsp3) is 0.381. The molecule has 1 aromatic heterocycles. The number of pyridine rings is 1. The van der Waals surface area contributed by atoms with Crippen molar-refractivity contribution in [2.45, 2.75) is 12.8 Å². The smallest absolute Gasteiger partial charge is 0.342 e. The van der Waals surface area contributed by atoms with E-state index in [1.807, 2.05) is 0 Å². The van der Waals surface area contributed by atoms with Gasteiger partial charge in [-0.15, -0.1) is 0 Å². The summed E-state index contributed by atoms with van der Waals surface area (Å²) >= 11 is 0. The maximum atomic E-state index is 12.1. The lowest BCUT2D eigenvalue weighted by molar-refractivity contribution is 0.0368. The van der Waals surface area contributed by atoms with Crippen molar-refractivity contribution in [2.24, 2.45) is 0 Å². The number of nitrogens with one attached hydrogen (secondary N) is 1. The molecule has 0 saturated carbocycles. The summed E-state index contributed by atoms with van der Waals surface area (Å²) < 4.78 is 11.0. The minimum atomic E-state index is -1.54. The zero-order valence-electron chi connectivity index (χ0n) is 16.9. The normalized spacial score (nSPS) is 14.3. The number of carbonyl (C=O) groups is 2. The Kier molecular flexibility index (Phi) is 7.27. The number of unbranched alkanes of at least 4 members (excludes halogenated alkanes) is 1. The average molecular weight is 431 g/mol. The van der Waals surface area contributed by atoms with Gasteiger partial charge in [-0.1, -0.05) is 12.1 Å². The highest BCUT2D eigenvalue weighted by Gasteiger charge is 2.26. The standard InChI is InChI=1S/C21H25N3O7/c22-18-16(20(26)27)15(17(21(28)29)19(25)23-18)13-3-5-14(6-4-13)31-10-2-1-7-24-8-11-30-12-9-24/h3-6H,1-2,7-12H2,(H,26,27)(H,28,29)(H3,22,23,25). The minimum absolute atomic E-state index is 0.238. The summed E-state index contributed by atoms with van der Waals surface area (Å²) in [7, 11) is 0. The van der Waals surface area contributed by atoms with Gasteiger partial charge in [0, 0.05) is 18.7 Å². The topological polar surface area (TPSA) is 155 Å². The Labute approximate surface area is 178 Å². The number of benzene rings is 1. The van der Waals surface area contributed by atoms with E-state index >= 15 is 0 Å². The molecule has 0 unspecified atom stereocenters. The van der Waals surface area contributed by atoms with Gasteiger partial charge in [-0.25, -0.2) is 9.59 Å². The molecular weight excluding hydrogens is 406 g/mol. The van der Waals surface area contributed by atoms with Crippen molar-refractivity contribution in [2.75, 3.05) is 45.2 Å². The number of aromatic nitrogens is 1. The second-order valence-corrected chi connectivity index (χ2v) is 7.14. The summed E-state index contributed by atoms with van der Waals surface area (Å²) in [6.45, 7) is 4.95. The molecule has 0 amide bonds. The van der Waals surface area contributed by atoms with Gasteiger partial charge in [0.25, 0.3) is 5.56 Å². The maximum absolute atomic E-state index is 12.1. The van der Waals surface area contributed by atoms with Gasteiger partial charge in [0.05, 0.1) is 19.8 Å². The lowest BCUT2D eigenvalue weighted by Crippen LogP contribution is -2.36. The molecule has 0 radical (unpaired) electrons. The molecule has 0 aliphatic carbocycles. The van der Waals surface area contributed by atoms with Crippen LogP contribution in [-0.4, -0.2) is 71.5 Å². The van der Waals surface area contributed by atoms with Crippen LogP contribution in [0.4, 0.5) is 5.82 Å². The number of carboxylic acid groups (broad SMARTS) is 2. The minimum Gasteiger partial charge on any atom is -0.494 e. The molecule has 5 N–H and O–H groups in total. The first-order valence-corrected chi connectivity index (χ1v) is 9.94. The predicted octanol–water partition coefficient (Wildman–Crippen LogP) is 1.51. The highest BCUT2D eigenvalue weighted by molar-refractivity contribution is 6.07. The monoisotopic (exact) mass is 431 g/mol. The molecule has 1 aliphatic heterocycles. The second kappa shape index (κ2) is 10.1. The number of ether oxygens (including phenoxy) is 2. The van der Waals surface area contributed by atoms with Crippen LogP contribution in [0.2, 0.25) is 0 Å². The number of aromatic amines is 1. The third-order valence-corrected chi connectivity index (χ3v) is 5.06. The molecule has 0 spiro atoms. The Morgan fingerprint density at radius 3 is 2.32 bits per heavy atom. The van der Waals surface area contributed by atoms with Crippen LogP contribution in [-0.2, 0) is 4.74 Å². The van der Waals surface area contributed by atoms with Crippen LogP contribution in [0.25, 0.3) is 11.1 Å². The fourth-order valence-corrected chi connectivity index (χ4v) is 3.51. The number of hydrogen-bond donors (Lipinski definition) is 4. The van der Waals surface area contributed by atoms with E-state index in [1.165, 1.54) is 12.1 Å². The van der Waals surface area contributed by atoms with Crippen molar-refractivity contribution in [1.82, 2.24) is 9.88 Å². The lowest BCUT2D eigenvalue weighted by atomic mass is 9.95. The van der Waals surface area contributed by atoms with Crippen molar-refractivity contribution >= 4 is 17.8 Å². The largest absolute Gasteiger partial charge is 0.494 e. The van der Waals surface area contributed by atoms with Gasteiger partial charge in [-0.05, 0) is 37.1 Å². The first kappa shape index (κ1) is 22.3. The molecule has 1 saturated heterocycles. The Balaban J connectivity index is 1.69. The highest BCUT2D eigenvalue weighted by atomic mass is 16.5. The SMILES string of the molecule is Nc1[nH]c(=O)c(C(=O)O)c(-c2ccc(OCCCCN3CCOCC3)cc2)c1C(=O)O. The number of nitrogens with zero attached hydrogens (tertiary/aromatic N) is 1. The predicted molar refractivity (Wildman–Crippen MR) is 113 cm³/mol. The number of H-pyrrole nitrogens is 1. The van der Waals surface area contributed by atoms with Crippen LogP contribution in [0, 0.1) is 0 Å². The number of hydrogen-bond acceptors (Lipinski definition) is 7. The molecule has 1 fully saturated rings. The van der Waals surface area contributed by atoms with Crippen molar-refractivity contribution < 1.29 is 29.3 Å². The van der Waals surface area contributed by atoms with E-state index in [0.717, 1.165) is 45.7 Å². The number of aromatic carboxylic acids is 2. The molecule has 10 nitrogen and oxygen atoms in total. The zero-order valence-corrected chi connectivity index (χ0v) is 16.9. The Hall–Kier alpha value is -3.37. The van der Waals surface area contributed by atoms with Crippen LogP contribution >= 0.6 is 0 Å². The van der Waals surface area contributed by atoms with E-state index in [-0.39, 0.29) is 11.1 Å². The van der Waals surface area contributed by atoms with E-state index in [1.54, 1.807) is 12.1 Å². The fourth-order valence-electron chi connectivity index (χ4n) is 3.51. The maximum Gasteiger partial charge on any atom is 0.342 e. The molecule has 3 rings (SSSR count). The van der Waals surface area contributed by atoms with Gasteiger partial charge in [0.1, 0.15) is 22.7 Å². The van der Waals surface area contributed by atoms with Crippen LogP contribution in [0.5, 0.6) is 5.75 Å². The van der Waals surface area contributed by atoms with Crippen LogP contribution in [0.3, 0.4) is 0 Å². The zero-order chi connectivity index (χ0) is 22.4. The van der Waals surface area contributed by atoms with Gasteiger partial charge >= 0.3 is 11.9 Å². The number of anilines is 1. The summed E-state index contributed by atoms with van der Waals surface area (Å²) in [5.41, 5.74) is 3.54. The molecule has 0 bridgehead atoms. The molecule has 2 aromatic rings.